The lowest BCUT2D eigenvalue weighted by Gasteiger charge is -2.24. The third-order valence-corrected chi connectivity index (χ3v) is 6.26. The monoisotopic (exact) mass is 430 g/mol. The molecule has 5 nitrogen and oxygen atoms in total. The van der Waals surface area contributed by atoms with Crippen LogP contribution in [0.15, 0.2) is 71.6 Å². The maximum Gasteiger partial charge on any atom is 0.264 e. The number of hydrogen-bond acceptors (Lipinski definition) is 3. The van der Waals surface area contributed by atoms with Crippen LogP contribution in [-0.2, 0) is 14.8 Å². The predicted molar refractivity (Wildman–Crippen MR) is 112 cm³/mol. The van der Waals surface area contributed by atoms with E-state index in [1.54, 1.807) is 6.07 Å². The van der Waals surface area contributed by atoms with Crippen LogP contribution in [0.1, 0.15) is 11.1 Å². The minimum absolute atomic E-state index is 0.108. The molecule has 0 bridgehead atoms. The smallest absolute Gasteiger partial charge is 0.264 e. The second kappa shape index (κ2) is 8.62. The van der Waals surface area contributed by atoms with Crippen molar-refractivity contribution in [3.05, 3.63) is 89.5 Å². The molecular weight excluding hydrogens is 410 g/mol. The summed E-state index contributed by atoms with van der Waals surface area (Å²) in [6.07, 6.45) is 0. The van der Waals surface area contributed by atoms with E-state index in [1.165, 1.54) is 12.1 Å². The average molecular weight is 430 g/mol. The number of amides is 1. The van der Waals surface area contributed by atoms with Gasteiger partial charge in [0.25, 0.3) is 10.0 Å². The Morgan fingerprint density at radius 2 is 1.47 bits per heavy atom. The van der Waals surface area contributed by atoms with Crippen molar-refractivity contribution in [2.75, 3.05) is 16.2 Å². The van der Waals surface area contributed by atoms with Gasteiger partial charge in [-0.15, -0.1) is 0 Å². The molecule has 0 spiro atoms. The Kier molecular flexibility index (Phi) is 6.17. The molecule has 8 heteroatoms. The first-order valence-electron chi connectivity index (χ1n) is 9.08. The van der Waals surface area contributed by atoms with Crippen molar-refractivity contribution in [2.24, 2.45) is 0 Å². The Morgan fingerprint density at radius 3 is 2.07 bits per heavy atom. The van der Waals surface area contributed by atoms with E-state index in [4.69, 9.17) is 0 Å². The van der Waals surface area contributed by atoms with E-state index in [2.05, 4.69) is 5.32 Å². The Hall–Kier alpha value is -3.26. The van der Waals surface area contributed by atoms with Crippen LogP contribution in [0.4, 0.5) is 20.2 Å². The zero-order chi connectivity index (χ0) is 21.9. The largest absolute Gasteiger partial charge is 0.324 e. The minimum atomic E-state index is -4.21. The fourth-order valence-corrected chi connectivity index (χ4v) is 4.27. The van der Waals surface area contributed by atoms with Gasteiger partial charge in [-0.05, 0) is 79.6 Å². The third-order valence-electron chi connectivity index (χ3n) is 4.47. The standard InChI is InChI=1S/C22H20F2N2O3S/c1-15-3-4-16(2)21(13-15)25-22(27)14-26(19-9-5-17(23)6-10-19)30(28,29)20-11-7-18(24)8-12-20/h3-13H,14H2,1-2H3,(H,25,27). The van der Waals surface area contributed by atoms with Gasteiger partial charge in [-0.2, -0.15) is 0 Å². The molecular formula is C22H20F2N2O3S. The summed E-state index contributed by atoms with van der Waals surface area (Å²) in [5.41, 5.74) is 2.43. The van der Waals surface area contributed by atoms with Gasteiger partial charge in [-0.25, -0.2) is 17.2 Å². The summed E-state index contributed by atoms with van der Waals surface area (Å²) in [5.74, 6) is -1.70. The van der Waals surface area contributed by atoms with Crippen molar-refractivity contribution < 1.29 is 22.0 Å². The van der Waals surface area contributed by atoms with Crippen LogP contribution in [0, 0.1) is 25.5 Å². The number of hydrogen-bond donors (Lipinski definition) is 1. The summed E-state index contributed by atoms with van der Waals surface area (Å²) in [7, 11) is -4.21. The number of aryl methyl sites for hydroxylation is 2. The summed E-state index contributed by atoms with van der Waals surface area (Å²) >= 11 is 0. The van der Waals surface area contributed by atoms with E-state index in [0.29, 0.717) is 5.69 Å². The van der Waals surface area contributed by atoms with Crippen molar-refractivity contribution in [3.8, 4) is 0 Å². The molecule has 156 valence electrons. The lowest BCUT2D eigenvalue weighted by Crippen LogP contribution is -2.38. The molecule has 0 aliphatic heterocycles. The Bertz CT molecular complexity index is 1160. The molecule has 0 radical (unpaired) electrons. The molecule has 0 unspecified atom stereocenters. The van der Waals surface area contributed by atoms with Gasteiger partial charge < -0.3 is 5.32 Å². The lowest BCUT2D eigenvalue weighted by molar-refractivity contribution is -0.114. The van der Waals surface area contributed by atoms with Crippen molar-refractivity contribution in [2.45, 2.75) is 18.7 Å². The number of sulfonamides is 1. The molecule has 1 amide bonds. The number of nitrogens with one attached hydrogen (secondary N) is 1. The molecule has 0 atom stereocenters. The summed E-state index contributed by atoms with van der Waals surface area (Å²) in [4.78, 5) is 12.5. The molecule has 1 N–H and O–H groups in total. The van der Waals surface area contributed by atoms with Crippen LogP contribution in [0.2, 0.25) is 0 Å². The fraction of sp³-hybridized carbons (Fsp3) is 0.136. The second-order valence-corrected chi connectivity index (χ2v) is 8.67. The van der Waals surface area contributed by atoms with Crippen LogP contribution in [-0.4, -0.2) is 20.9 Å². The van der Waals surface area contributed by atoms with Gasteiger partial charge in [0.05, 0.1) is 10.6 Å². The van der Waals surface area contributed by atoms with Gasteiger partial charge in [0.15, 0.2) is 0 Å². The van der Waals surface area contributed by atoms with Crippen molar-refractivity contribution in [1.82, 2.24) is 0 Å². The maximum absolute atomic E-state index is 13.4. The zero-order valence-corrected chi connectivity index (χ0v) is 17.2. The zero-order valence-electron chi connectivity index (χ0n) is 16.4. The SMILES string of the molecule is Cc1ccc(C)c(NC(=O)CN(c2ccc(F)cc2)S(=O)(=O)c2ccc(F)cc2)c1. The number of rotatable bonds is 6. The first-order valence-corrected chi connectivity index (χ1v) is 10.5. The average Bonchev–Trinajstić information content (AvgIpc) is 2.70. The van der Waals surface area contributed by atoms with E-state index in [9.17, 15) is 22.0 Å². The van der Waals surface area contributed by atoms with Gasteiger partial charge in [-0.1, -0.05) is 12.1 Å². The summed E-state index contributed by atoms with van der Waals surface area (Å²) in [6.45, 7) is 3.15. The van der Waals surface area contributed by atoms with E-state index in [-0.39, 0.29) is 10.6 Å². The van der Waals surface area contributed by atoms with Gasteiger partial charge in [0.1, 0.15) is 18.2 Å². The third kappa shape index (κ3) is 4.83. The molecule has 0 aromatic heterocycles. The Balaban J connectivity index is 1.95. The predicted octanol–water partition coefficient (Wildman–Crippen LogP) is 4.42. The fourth-order valence-electron chi connectivity index (χ4n) is 2.85. The highest BCUT2D eigenvalue weighted by Crippen LogP contribution is 2.25. The molecule has 0 aliphatic rings. The number of anilines is 2. The number of benzene rings is 3. The molecule has 0 saturated heterocycles. The highest BCUT2D eigenvalue weighted by molar-refractivity contribution is 7.92. The Labute approximate surface area is 174 Å². The van der Waals surface area contributed by atoms with E-state index < -0.39 is 34.1 Å². The molecule has 3 rings (SSSR count). The van der Waals surface area contributed by atoms with Crippen molar-refractivity contribution in [3.63, 3.8) is 0 Å². The Morgan fingerprint density at radius 1 is 0.900 bits per heavy atom. The highest BCUT2D eigenvalue weighted by Gasteiger charge is 2.27. The summed E-state index contributed by atoms with van der Waals surface area (Å²) in [5, 5.41) is 2.72. The van der Waals surface area contributed by atoms with Gasteiger partial charge in [0, 0.05) is 5.69 Å². The lowest BCUT2D eigenvalue weighted by atomic mass is 10.1. The van der Waals surface area contributed by atoms with E-state index in [1.807, 2.05) is 26.0 Å². The van der Waals surface area contributed by atoms with Crippen molar-refractivity contribution in [1.29, 1.82) is 0 Å². The van der Waals surface area contributed by atoms with Crippen molar-refractivity contribution >= 4 is 27.3 Å². The summed E-state index contributed by atoms with van der Waals surface area (Å²) < 4.78 is 53.8. The minimum Gasteiger partial charge on any atom is -0.324 e. The van der Waals surface area contributed by atoms with Gasteiger partial charge in [-0.3, -0.25) is 9.10 Å². The van der Waals surface area contributed by atoms with Gasteiger partial charge >= 0.3 is 0 Å². The molecule has 0 fully saturated rings. The number of nitrogens with zero attached hydrogens (tertiary/aromatic N) is 1. The first kappa shape index (κ1) is 21.4. The molecule has 0 saturated carbocycles. The normalized spacial score (nSPS) is 11.2. The molecule has 0 heterocycles. The first-order chi connectivity index (χ1) is 14.2. The summed E-state index contributed by atoms with van der Waals surface area (Å²) in [6, 6.07) is 14.5. The maximum atomic E-state index is 13.4. The molecule has 3 aromatic carbocycles. The van der Waals surface area contributed by atoms with Crippen LogP contribution < -0.4 is 9.62 Å². The number of halogens is 2. The number of carbonyl (C=O) groups is 1. The van der Waals surface area contributed by atoms with Crippen LogP contribution in [0.25, 0.3) is 0 Å². The van der Waals surface area contributed by atoms with Crippen LogP contribution in [0.5, 0.6) is 0 Å². The molecule has 3 aromatic rings. The number of carbonyl (C=O) groups excluding carboxylic acids is 1. The molecule has 0 aliphatic carbocycles. The quantitative estimate of drug-likeness (QED) is 0.630. The molecule has 30 heavy (non-hydrogen) atoms. The van der Waals surface area contributed by atoms with Crippen LogP contribution >= 0.6 is 0 Å². The van der Waals surface area contributed by atoms with E-state index >= 15 is 0 Å². The highest BCUT2D eigenvalue weighted by atomic mass is 32.2. The second-order valence-electron chi connectivity index (χ2n) is 6.81. The van der Waals surface area contributed by atoms with E-state index in [0.717, 1.165) is 51.8 Å². The van der Waals surface area contributed by atoms with Crippen LogP contribution in [0.3, 0.4) is 0 Å². The topological polar surface area (TPSA) is 66.5 Å². The van der Waals surface area contributed by atoms with Gasteiger partial charge in [0.2, 0.25) is 5.91 Å².